The van der Waals surface area contributed by atoms with Crippen LogP contribution in [0.1, 0.15) is 21.5 Å². The van der Waals surface area contributed by atoms with Gasteiger partial charge in [-0.05, 0) is 23.3 Å². The highest BCUT2D eigenvalue weighted by atomic mass is 16.1. The smallest absolute Gasteiger partial charge is 0.150 e. The van der Waals surface area contributed by atoms with Crippen molar-refractivity contribution in [2.45, 2.75) is 13.1 Å². The highest BCUT2D eigenvalue weighted by Crippen LogP contribution is 2.07. The van der Waals surface area contributed by atoms with E-state index in [1.807, 2.05) is 6.07 Å². The predicted octanol–water partition coefficient (Wildman–Crippen LogP) is 0.416. The number of aldehydes is 1. The molecule has 0 aliphatic heterocycles. The van der Waals surface area contributed by atoms with E-state index in [0.29, 0.717) is 18.7 Å². The van der Waals surface area contributed by atoms with E-state index in [4.69, 9.17) is 11.5 Å². The largest absolute Gasteiger partial charge is 0.326 e. The minimum Gasteiger partial charge on any atom is -0.326 e. The Morgan fingerprint density at radius 2 is 1.58 bits per heavy atom. The minimum absolute atomic E-state index is 0.439. The Labute approximate surface area is 71.4 Å². The molecule has 64 valence electrons. The van der Waals surface area contributed by atoms with Crippen LogP contribution in [0.5, 0.6) is 0 Å². The summed E-state index contributed by atoms with van der Waals surface area (Å²) in [5, 5.41) is 0. The zero-order chi connectivity index (χ0) is 8.97. The van der Waals surface area contributed by atoms with Gasteiger partial charge in [-0.25, -0.2) is 0 Å². The summed E-state index contributed by atoms with van der Waals surface area (Å²) in [5.74, 6) is 0. The van der Waals surface area contributed by atoms with E-state index in [2.05, 4.69) is 0 Å². The second kappa shape index (κ2) is 3.99. The lowest BCUT2D eigenvalue weighted by Gasteiger charge is -2.02. The first-order valence-corrected chi connectivity index (χ1v) is 3.78. The summed E-state index contributed by atoms with van der Waals surface area (Å²) < 4.78 is 0. The van der Waals surface area contributed by atoms with Gasteiger partial charge in [0.15, 0.2) is 0 Å². The highest BCUT2D eigenvalue weighted by molar-refractivity contribution is 5.75. The number of benzene rings is 1. The summed E-state index contributed by atoms with van der Waals surface area (Å²) in [6, 6.07) is 5.45. The lowest BCUT2D eigenvalue weighted by atomic mass is 10.1. The molecule has 1 aromatic carbocycles. The third-order valence-electron chi connectivity index (χ3n) is 1.68. The summed E-state index contributed by atoms with van der Waals surface area (Å²) in [7, 11) is 0. The second-order valence-corrected chi connectivity index (χ2v) is 2.61. The van der Waals surface area contributed by atoms with Gasteiger partial charge < -0.3 is 11.5 Å². The molecule has 0 atom stereocenters. The SMILES string of the molecule is NCc1cc(C=O)cc(CN)c1. The first kappa shape index (κ1) is 8.90. The van der Waals surface area contributed by atoms with Crippen molar-refractivity contribution in [3.05, 3.63) is 34.9 Å². The standard InChI is InChI=1S/C9H12N2O/c10-4-7-1-8(5-11)3-9(2-7)6-12/h1-3,6H,4-5,10-11H2. The van der Waals surface area contributed by atoms with Gasteiger partial charge in [0, 0.05) is 18.7 Å². The molecule has 12 heavy (non-hydrogen) atoms. The molecule has 3 nitrogen and oxygen atoms in total. The molecule has 3 heteroatoms. The van der Waals surface area contributed by atoms with Crippen LogP contribution in [0.4, 0.5) is 0 Å². The van der Waals surface area contributed by atoms with Gasteiger partial charge in [-0.2, -0.15) is 0 Å². The maximum absolute atomic E-state index is 10.5. The Morgan fingerprint density at radius 1 is 1.08 bits per heavy atom. The molecule has 0 heterocycles. The highest BCUT2D eigenvalue weighted by Gasteiger charge is 1.97. The van der Waals surface area contributed by atoms with Crippen molar-refractivity contribution in [3.63, 3.8) is 0 Å². The van der Waals surface area contributed by atoms with Gasteiger partial charge in [-0.1, -0.05) is 6.07 Å². The maximum atomic E-state index is 10.5. The molecule has 0 bridgehead atoms. The van der Waals surface area contributed by atoms with Crippen molar-refractivity contribution < 1.29 is 4.79 Å². The van der Waals surface area contributed by atoms with E-state index in [0.717, 1.165) is 17.4 Å². The van der Waals surface area contributed by atoms with Crippen LogP contribution in [-0.4, -0.2) is 6.29 Å². The summed E-state index contributed by atoms with van der Waals surface area (Å²) in [4.78, 5) is 10.5. The van der Waals surface area contributed by atoms with Gasteiger partial charge in [0.1, 0.15) is 6.29 Å². The first-order chi connectivity index (χ1) is 5.80. The lowest BCUT2D eigenvalue weighted by molar-refractivity contribution is 0.112. The molecule has 0 saturated carbocycles. The summed E-state index contributed by atoms with van der Waals surface area (Å²) >= 11 is 0. The van der Waals surface area contributed by atoms with Gasteiger partial charge in [-0.15, -0.1) is 0 Å². The Bertz CT molecular complexity index is 262. The maximum Gasteiger partial charge on any atom is 0.150 e. The van der Waals surface area contributed by atoms with Crippen LogP contribution in [0.3, 0.4) is 0 Å². The monoisotopic (exact) mass is 164 g/mol. The van der Waals surface area contributed by atoms with Gasteiger partial charge in [0.05, 0.1) is 0 Å². The Hall–Kier alpha value is -1.19. The molecule has 0 unspecified atom stereocenters. The summed E-state index contributed by atoms with van der Waals surface area (Å²) in [5.41, 5.74) is 13.4. The second-order valence-electron chi connectivity index (χ2n) is 2.61. The number of nitrogens with two attached hydrogens (primary N) is 2. The van der Waals surface area contributed by atoms with Crippen molar-refractivity contribution in [3.8, 4) is 0 Å². The van der Waals surface area contributed by atoms with E-state index in [1.54, 1.807) is 12.1 Å². The van der Waals surface area contributed by atoms with Crippen LogP contribution in [0, 0.1) is 0 Å². The van der Waals surface area contributed by atoms with E-state index >= 15 is 0 Å². The fourth-order valence-corrected chi connectivity index (χ4v) is 1.10. The Morgan fingerprint density at radius 3 is 1.92 bits per heavy atom. The zero-order valence-electron chi connectivity index (χ0n) is 6.79. The molecule has 0 saturated heterocycles. The van der Waals surface area contributed by atoms with Gasteiger partial charge >= 0.3 is 0 Å². The molecular formula is C9H12N2O. The molecule has 1 aromatic rings. The number of hydrogen-bond donors (Lipinski definition) is 2. The van der Waals surface area contributed by atoms with Crippen molar-refractivity contribution in [1.82, 2.24) is 0 Å². The fourth-order valence-electron chi connectivity index (χ4n) is 1.10. The molecule has 0 aliphatic carbocycles. The molecule has 0 aliphatic rings. The fraction of sp³-hybridized carbons (Fsp3) is 0.222. The van der Waals surface area contributed by atoms with E-state index in [-0.39, 0.29) is 0 Å². The van der Waals surface area contributed by atoms with Gasteiger partial charge in [-0.3, -0.25) is 4.79 Å². The van der Waals surface area contributed by atoms with Crippen LogP contribution in [0.2, 0.25) is 0 Å². The lowest BCUT2D eigenvalue weighted by Crippen LogP contribution is -2.02. The Balaban J connectivity index is 3.09. The van der Waals surface area contributed by atoms with Crippen LogP contribution >= 0.6 is 0 Å². The molecule has 0 aromatic heterocycles. The number of carbonyl (C=O) groups is 1. The quantitative estimate of drug-likeness (QED) is 0.636. The van der Waals surface area contributed by atoms with Crippen LogP contribution in [0.25, 0.3) is 0 Å². The van der Waals surface area contributed by atoms with E-state index in [1.165, 1.54) is 0 Å². The number of rotatable bonds is 3. The molecule has 1 rings (SSSR count). The molecule has 0 amide bonds. The van der Waals surface area contributed by atoms with Crippen LogP contribution in [0.15, 0.2) is 18.2 Å². The van der Waals surface area contributed by atoms with Crippen LogP contribution < -0.4 is 11.5 Å². The first-order valence-electron chi connectivity index (χ1n) is 3.78. The normalized spacial score (nSPS) is 9.83. The zero-order valence-corrected chi connectivity index (χ0v) is 6.79. The predicted molar refractivity (Wildman–Crippen MR) is 47.6 cm³/mol. The molecule has 0 radical (unpaired) electrons. The number of hydrogen-bond acceptors (Lipinski definition) is 3. The van der Waals surface area contributed by atoms with Crippen molar-refractivity contribution in [2.24, 2.45) is 11.5 Å². The van der Waals surface area contributed by atoms with Crippen LogP contribution in [-0.2, 0) is 13.1 Å². The summed E-state index contributed by atoms with van der Waals surface area (Å²) in [6.07, 6.45) is 0.804. The average Bonchev–Trinajstić information content (AvgIpc) is 2.16. The van der Waals surface area contributed by atoms with Gasteiger partial charge in [0.25, 0.3) is 0 Å². The van der Waals surface area contributed by atoms with Crippen molar-refractivity contribution >= 4 is 6.29 Å². The molecular weight excluding hydrogens is 152 g/mol. The van der Waals surface area contributed by atoms with Crippen molar-refractivity contribution in [1.29, 1.82) is 0 Å². The Kier molecular flexibility index (Phi) is 2.96. The average molecular weight is 164 g/mol. The molecule has 4 N–H and O–H groups in total. The number of carbonyl (C=O) groups excluding carboxylic acids is 1. The summed E-state index contributed by atoms with van der Waals surface area (Å²) in [6.45, 7) is 0.878. The van der Waals surface area contributed by atoms with Crippen molar-refractivity contribution in [2.75, 3.05) is 0 Å². The molecule has 0 fully saturated rings. The third-order valence-corrected chi connectivity index (χ3v) is 1.68. The van der Waals surface area contributed by atoms with E-state index in [9.17, 15) is 4.79 Å². The van der Waals surface area contributed by atoms with E-state index < -0.39 is 0 Å². The van der Waals surface area contributed by atoms with Gasteiger partial charge in [0.2, 0.25) is 0 Å². The molecule has 0 spiro atoms. The topological polar surface area (TPSA) is 69.1 Å². The minimum atomic E-state index is 0.439. The third kappa shape index (κ3) is 1.90.